The second kappa shape index (κ2) is 15.6. The molecule has 1 aliphatic heterocycles. The molecular weight excluding hydrogens is 491 g/mol. The van der Waals surface area contributed by atoms with Gasteiger partial charge in [-0.15, -0.1) is 24.0 Å². The monoisotopic (exact) mass is 532 g/mol. The molecule has 1 saturated heterocycles. The van der Waals surface area contributed by atoms with E-state index in [0.29, 0.717) is 12.5 Å². The van der Waals surface area contributed by atoms with Crippen molar-refractivity contribution in [3.05, 3.63) is 23.8 Å². The number of benzene rings is 1. The molecule has 0 saturated carbocycles. The van der Waals surface area contributed by atoms with E-state index in [2.05, 4.69) is 41.5 Å². The first-order valence-electron chi connectivity index (χ1n) is 11.2. The topological polar surface area (TPSA) is 58.1 Å². The van der Waals surface area contributed by atoms with E-state index in [9.17, 15) is 0 Å². The quantitative estimate of drug-likeness (QED) is 0.196. The molecule has 6 nitrogen and oxygen atoms in total. The summed E-state index contributed by atoms with van der Waals surface area (Å²) in [6, 6.07) is 6.19. The molecule has 2 rings (SSSR count). The zero-order valence-corrected chi connectivity index (χ0v) is 21.5. The average molecular weight is 533 g/mol. The van der Waals surface area contributed by atoms with E-state index in [0.717, 1.165) is 56.5 Å². The molecule has 1 aromatic carbocycles. The second-order valence-electron chi connectivity index (χ2n) is 7.57. The van der Waals surface area contributed by atoms with Gasteiger partial charge in [-0.05, 0) is 76.2 Å². The highest BCUT2D eigenvalue weighted by Crippen LogP contribution is 2.28. The van der Waals surface area contributed by atoms with Crippen molar-refractivity contribution in [2.45, 2.75) is 46.5 Å². The van der Waals surface area contributed by atoms with Gasteiger partial charge >= 0.3 is 0 Å². The summed E-state index contributed by atoms with van der Waals surface area (Å²) in [4.78, 5) is 7.38. The van der Waals surface area contributed by atoms with Gasteiger partial charge < -0.3 is 25.0 Å². The van der Waals surface area contributed by atoms with E-state index in [-0.39, 0.29) is 24.0 Å². The van der Waals surface area contributed by atoms with Crippen LogP contribution in [0, 0.1) is 5.92 Å². The molecule has 1 fully saturated rings. The van der Waals surface area contributed by atoms with Crippen LogP contribution in [0.3, 0.4) is 0 Å². The van der Waals surface area contributed by atoms with E-state index in [1.165, 1.54) is 31.5 Å². The highest BCUT2D eigenvalue weighted by Gasteiger charge is 2.18. The fourth-order valence-corrected chi connectivity index (χ4v) is 3.79. The summed E-state index contributed by atoms with van der Waals surface area (Å²) < 4.78 is 11.0. The van der Waals surface area contributed by atoms with Crippen molar-refractivity contribution in [3.63, 3.8) is 0 Å². The maximum Gasteiger partial charge on any atom is 0.191 e. The van der Waals surface area contributed by atoms with Gasteiger partial charge in [0, 0.05) is 26.2 Å². The number of nitrogens with zero attached hydrogens (tertiary/aromatic N) is 2. The summed E-state index contributed by atoms with van der Waals surface area (Å²) >= 11 is 0. The minimum atomic E-state index is 0. The van der Waals surface area contributed by atoms with Crippen LogP contribution in [-0.4, -0.2) is 63.8 Å². The van der Waals surface area contributed by atoms with E-state index in [4.69, 9.17) is 14.5 Å². The lowest BCUT2D eigenvalue weighted by Gasteiger charge is -2.31. The van der Waals surface area contributed by atoms with E-state index >= 15 is 0 Å². The van der Waals surface area contributed by atoms with Crippen LogP contribution < -0.4 is 20.1 Å². The molecule has 1 atom stereocenters. The summed E-state index contributed by atoms with van der Waals surface area (Å²) in [5.74, 6) is 3.23. The van der Waals surface area contributed by atoms with Crippen LogP contribution in [0.1, 0.15) is 45.6 Å². The summed E-state index contributed by atoms with van der Waals surface area (Å²) in [5, 5.41) is 6.86. The van der Waals surface area contributed by atoms with Gasteiger partial charge in [0.1, 0.15) is 0 Å². The fraction of sp³-hybridized carbons (Fsp3) is 0.696. The van der Waals surface area contributed by atoms with E-state index < -0.39 is 0 Å². The molecule has 1 unspecified atom stereocenters. The lowest BCUT2D eigenvalue weighted by Crippen LogP contribution is -2.40. The Kier molecular flexibility index (Phi) is 13.9. The minimum absolute atomic E-state index is 0. The van der Waals surface area contributed by atoms with Crippen LogP contribution in [0.2, 0.25) is 0 Å². The lowest BCUT2D eigenvalue weighted by molar-refractivity contribution is 0.186. The number of hydrogen-bond acceptors (Lipinski definition) is 4. The van der Waals surface area contributed by atoms with Gasteiger partial charge in [-0.25, -0.2) is 0 Å². The van der Waals surface area contributed by atoms with Crippen LogP contribution in [0.25, 0.3) is 0 Å². The number of likely N-dealkylation sites (tertiary alicyclic amines) is 1. The van der Waals surface area contributed by atoms with Crippen molar-refractivity contribution >= 4 is 29.9 Å². The van der Waals surface area contributed by atoms with Gasteiger partial charge in [0.2, 0.25) is 0 Å². The Labute approximate surface area is 200 Å². The maximum atomic E-state index is 5.68. The van der Waals surface area contributed by atoms with Gasteiger partial charge in [0.15, 0.2) is 17.5 Å². The van der Waals surface area contributed by atoms with Crippen LogP contribution >= 0.6 is 24.0 Å². The first-order chi connectivity index (χ1) is 14.2. The third-order valence-electron chi connectivity index (χ3n) is 5.36. The molecule has 0 aromatic heterocycles. The average Bonchev–Trinajstić information content (AvgIpc) is 2.75. The second-order valence-corrected chi connectivity index (χ2v) is 7.57. The molecule has 7 heteroatoms. The molecule has 0 amide bonds. The Balaban J connectivity index is 0.00000450. The van der Waals surface area contributed by atoms with E-state index in [1.54, 1.807) is 7.11 Å². The highest BCUT2D eigenvalue weighted by atomic mass is 127. The highest BCUT2D eigenvalue weighted by molar-refractivity contribution is 14.0. The predicted octanol–water partition coefficient (Wildman–Crippen LogP) is 3.93. The Bertz CT molecular complexity index is 627. The number of nitrogens with one attached hydrogen (secondary N) is 2. The Morgan fingerprint density at radius 2 is 2.03 bits per heavy atom. The van der Waals surface area contributed by atoms with Gasteiger partial charge in [-0.2, -0.15) is 0 Å². The minimum Gasteiger partial charge on any atom is -0.493 e. The Morgan fingerprint density at radius 3 is 2.73 bits per heavy atom. The summed E-state index contributed by atoms with van der Waals surface area (Å²) in [5.41, 5.74) is 1.26. The van der Waals surface area contributed by atoms with Gasteiger partial charge in [-0.1, -0.05) is 13.0 Å². The number of aryl methyl sites for hydroxylation is 1. The molecule has 1 aliphatic rings. The molecule has 0 spiro atoms. The summed E-state index contributed by atoms with van der Waals surface area (Å²) in [6.45, 7) is 13.2. The molecule has 0 aliphatic carbocycles. The van der Waals surface area contributed by atoms with Crippen molar-refractivity contribution in [2.24, 2.45) is 10.9 Å². The first-order valence-corrected chi connectivity index (χ1v) is 11.2. The van der Waals surface area contributed by atoms with Crippen LogP contribution in [0.4, 0.5) is 0 Å². The fourth-order valence-electron chi connectivity index (χ4n) is 3.79. The molecule has 2 N–H and O–H groups in total. The maximum absolute atomic E-state index is 5.68. The number of guanidine groups is 1. The van der Waals surface area contributed by atoms with Gasteiger partial charge in [0.25, 0.3) is 0 Å². The van der Waals surface area contributed by atoms with Crippen molar-refractivity contribution < 1.29 is 9.47 Å². The van der Waals surface area contributed by atoms with Gasteiger partial charge in [-0.3, -0.25) is 4.99 Å². The number of halogens is 1. The number of methoxy groups -OCH3 is 1. The molecule has 30 heavy (non-hydrogen) atoms. The number of aliphatic imine (C=N–C) groups is 1. The Hall–Kier alpha value is -1.22. The molecular formula is C23H41IN4O2. The third-order valence-corrected chi connectivity index (χ3v) is 5.36. The smallest absolute Gasteiger partial charge is 0.191 e. The molecule has 172 valence electrons. The predicted molar refractivity (Wildman–Crippen MR) is 137 cm³/mol. The number of hydrogen-bond donors (Lipinski definition) is 2. The van der Waals surface area contributed by atoms with Crippen molar-refractivity contribution in [1.29, 1.82) is 0 Å². The zero-order chi connectivity index (χ0) is 20.9. The SMILES string of the molecule is CCNC(=NCC1CCCN(CC)C1)NCCCc1ccc(OC)c(OCC)c1.I. The number of piperidine rings is 1. The summed E-state index contributed by atoms with van der Waals surface area (Å²) in [7, 11) is 1.68. The third kappa shape index (κ3) is 9.29. The molecule has 1 aromatic rings. The normalized spacial score (nSPS) is 17.2. The number of rotatable bonds is 11. The Morgan fingerprint density at radius 1 is 1.20 bits per heavy atom. The molecule has 0 radical (unpaired) electrons. The first kappa shape index (κ1) is 26.8. The van der Waals surface area contributed by atoms with Crippen LogP contribution in [-0.2, 0) is 6.42 Å². The summed E-state index contributed by atoms with van der Waals surface area (Å²) in [6.07, 6.45) is 4.61. The van der Waals surface area contributed by atoms with Crippen molar-refractivity contribution in [2.75, 3.05) is 53.0 Å². The van der Waals surface area contributed by atoms with Crippen molar-refractivity contribution in [1.82, 2.24) is 15.5 Å². The van der Waals surface area contributed by atoms with Crippen molar-refractivity contribution in [3.8, 4) is 11.5 Å². The van der Waals surface area contributed by atoms with E-state index in [1.807, 2.05) is 13.0 Å². The lowest BCUT2D eigenvalue weighted by atomic mass is 9.98. The van der Waals surface area contributed by atoms with Gasteiger partial charge in [0.05, 0.1) is 13.7 Å². The zero-order valence-electron chi connectivity index (χ0n) is 19.2. The standard InChI is InChI=1S/C23H40N4O2.HI/c1-5-24-23(26-17-20-11-9-15-27(6-2)18-20)25-14-8-10-19-12-13-21(28-4)22(16-19)29-7-3;/h12-13,16,20H,5-11,14-15,17-18H2,1-4H3,(H2,24,25,26);1H. The van der Waals surface area contributed by atoms with Crippen LogP contribution in [0.15, 0.2) is 23.2 Å². The van der Waals surface area contributed by atoms with Crippen LogP contribution in [0.5, 0.6) is 11.5 Å². The molecule has 1 heterocycles. The number of ether oxygens (including phenoxy) is 2. The molecule has 0 bridgehead atoms. The largest absolute Gasteiger partial charge is 0.493 e.